The number of aliphatic carboxylic acids is 1. The van der Waals surface area contributed by atoms with Crippen molar-refractivity contribution >= 4 is 12.0 Å². The molecule has 1 aliphatic heterocycles. The lowest BCUT2D eigenvalue weighted by Crippen LogP contribution is -2.55. The van der Waals surface area contributed by atoms with Gasteiger partial charge in [0.25, 0.3) is 0 Å². The Morgan fingerprint density at radius 2 is 2.00 bits per heavy atom. The minimum atomic E-state index is -0.758. The Kier molecular flexibility index (Phi) is 5.41. The van der Waals surface area contributed by atoms with E-state index < -0.39 is 5.97 Å². The van der Waals surface area contributed by atoms with Crippen LogP contribution in [0.25, 0.3) is 0 Å². The van der Waals surface area contributed by atoms with E-state index in [1.807, 2.05) is 0 Å². The number of carbonyl (C=O) groups excluding carboxylic acids is 1. The highest BCUT2D eigenvalue weighted by Crippen LogP contribution is 2.25. The van der Waals surface area contributed by atoms with Gasteiger partial charge < -0.3 is 20.6 Å². The van der Waals surface area contributed by atoms with E-state index in [1.165, 1.54) is 0 Å². The highest BCUT2D eigenvalue weighted by atomic mass is 16.4. The fraction of sp³-hybridized carbons (Fsp3) is 0.857. The third-order valence-electron chi connectivity index (χ3n) is 4.60. The quantitative estimate of drug-likeness (QED) is 0.668. The van der Waals surface area contributed by atoms with Crippen molar-refractivity contribution in [2.75, 3.05) is 40.3 Å². The summed E-state index contributed by atoms with van der Waals surface area (Å²) in [7, 11) is 4.16. The van der Waals surface area contributed by atoms with E-state index in [4.69, 9.17) is 5.11 Å². The van der Waals surface area contributed by atoms with E-state index >= 15 is 0 Å². The average molecular weight is 298 g/mol. The van der Waals surface area contributed by atoms with Crippen LogP contribution in [0.2, 0.25) is 0 Å². The fourth-order valence-electron chi connectivity index (χ4n) is 3.11. The second-order valence-electron chi connectivity index (χ2n) is 6.30. The third kappa shape index (κ3) is 4.57. The molecule has 2 fully saturated rings. The molecule has 21 heavy (non-hydrogen) atoms. The molecular formula is C14H26N4O3. The van der Waals surface area contributed by atoms with E-state index in [2.05, 4.69) is 34.5 Å². The molecule has 3 atom stereocenters. The lowest BCUT2D eigenvalue weighted by molar-refractivity contribution is -0.141. The first-order valence-corrected chi connectivity index (χ1v) is 7.61. The number of carbonyl (C=O) groups is 2. The van der Waals surface area contributed by atoms with E-state index in [-0.39, 0.29) is 18.0 Å². The summed E-state index contributed by atoms with van der Waals surface area (Å²) in [6, 6.07) is 0.121. The lowest BCUT2D eigenvalue weighted by Gasteiger charge is -2.37. The number of piperazine rings is 1. The Morgan fingerprint density at radius 3 is 2.67 bits per heavy atom. The number of hydrogen-bond donors (Lipinski definition) is 3. The van der Waals surface area contributed by atoms with Crippen LogP contribution in [0.5, 0.6) is 0 Å². The van der Waals surface area contributed by atoms with Crippen LogP contribution < -0.4 is 10.6 Å². The van der Waals surface area contributed by atoms with Crippen molar-refractivity contribution in [3.05, 3.63) is 0 Å². The summed E-state index contributed by atoms with van der Waals surface area (Å²) in [4.78, 5) is 27.3. The van der Waals surface area contributed by atoms with E-state index in [1.54, 1.807) is 0 Å². The highest BCUT2D eigenvalue weighted by Gasteiger charge is 2.30. The second kappa shape index (κ2) is 7.09. The maximum Gasteiger partial charge on any atom is 0.315 e. The molecule has 3 N–H and O–H groups in total. The van der Waals surface area contributed by atoms with Gasteiger partial charge in [-0.3, -0.25) is 9.69 Å². The zero-order chi connectivity index (χ0) is 15.4. The van der Waals surface area contributed by atoms with Gasteiger partial charge in [-0.05, 0) is 33.4 Å². The zero-order valence-electron chi connectivity index (χ0n) is 12.8. The molecule has 1 saturated carbocycles. The van der Waals surface area contributed by atoms with Gasteiger partial charge in [-0.1, -0.05) is 0 Å². The predicted octanol–water partition coefficient (Wildman–Crippen LogP) is -0.215. The number of rotatable bonds is 4. The predicted molar refractivity (Wildman–Crippen MR) is 79.2 cm³/mol. The molecule has 1 aliphatic carbocycles. The molecular weight excluding hydrogens is 272 g/mol. The van der Waals surface area contributed by atoms with Crippen molar-refractivity contribution in [2.45, 2.75) is 31.3 Å². The second-order valence-corrected chi connectivity index (χ2v) is 6.30. The van der Waals surface area contributed by atoms with Crippen molar-refractivity contribution in [3.63, 3.8) is 0 Å². The number of amides is 2. The number of urea groups is 1. The molecule has 7 heteroatoms. The van der Waals surface area contributed by atoms with Crippen molar-refractivity contribution in [2.24, 2.45) is 5.92 Å². The van der Waals surface area contributed by atoms with Gasteiger partial charge in [-0.2, -0.15) is 0 Å². The first-order valence-electron chi connectivity index (χ1n) is 7.61. The molecule has 0 aromatic heterocycles. The molecule has 1 heterocycles. The fourth-order valence-corrected chi connectivity index (χ4v) is 3.11. The zero-order valence-corrected chi connectivity index (χ0v) is 12.8. The molecule has 2 aliphatic rings. The van der Waals surface area contributed by atoms with Crippen molar-refractivity contribution in [3.8, 4) is 0 Å². The summed E-state index contributed by atoms with van der Waals surface area (Å²) in [5.41, 5.74) is 0. The van der Waals surface area contributed by atoms with Crippen LogP contribution in [0.4, 0.5) is 4.79 Å². The van der Waals surface area contributed by atoms with E-state index in [0.717, 1.165) is 26.1 Å². The lowest BCUT2D eigenvalue weighted by atomic mass is 10.1. The normalized spacial score (nSPS) is 31.0. The van der Waals surface area contributed by atoms with E-state index in [0.29, 0.717) is 25.4 Å². The number of carboxylic acid groups (broad SMARTS) is 1. The maximum atomic E-state index is 11.9. The maximum absolute atomic E-state index is 11.9. The first kappa shape index (κ1) is 16.0. The van der Waals surface area contributed by atoms with Gasteiger partial charge in [0, 0.05) is 38.3 Å². The summed E-state index contributed by atoms with van der Waals surface area (Å²) in [5.74, 6) is -1.07. The molecule has 2 amide bonds. The molecule has 0 aromatic carbocycles. The Bertz CT molecular complexity index is 390. The van der Waals surface area contributed by atoms with Gasteiger partial charge in [-0.25, -0.2) is 4.79 Å². The summed E-state index contributed by atoms with van der Waals surface area (Å²) < 4.78 is 0. The standard InChI is InChI=1S/C14H26N4O3/c1-17-5-6-18(2)12(9-17)8-15-14(21)16-11-4-3-10(7-11)13(19)20/h10-12H,3-9H2,1-2H3,(H,19,20)(H2,15,16,21). The van der Waals surface area contributed by atoms with Gasteiger partial charge in [0.05, 0.1) is 5.92 Å². The molecule has 120 valence electrons. The molecule has 2 rings (SSSR count). The minimum absolute atomic E-state index is 0.0159. The number of nitrogens with zero attached hydrogens (tertiary/aromatic N) is 2. The summed E-state index contributed by atoms with van der Waals surface area (Å²) in [6.07, 6.45) is 1.93. The minimum Gasteiger partial charge on any atom is -0.481 e. The summed E-state index contributed by atoms with van der Waals surface area (Å²) in [5, 5.41) is 14.7. The van der Waals surface area contributed by atoms with Gasteiger partial charge >= 0.3 is 12.0 Å². The molecule has 0 aromatic rings. The monoisotopic (exact) mass is 298 g/mol. The molecule has 0 bridgehead atoms. The van der Waals surface area contributed by atoms with Crippen LogP contribution in [0.3, 0.4) is 0 Å². The Hall–Kier alpha value is -1.34. The SMILES string of the molecule is CN1CCN(C)C(CNC(=O)NC2CCC(C(=O)O)C2)C1. The van der Waals surface area contributed by atoms with Gasteiger partial charge in [0.15, 0.2) is 0 Å². The largest absolute Gasteiger partial charge is 0.481 e. The number of carboxylic acids is 1. The Labute approximate surface area is 125 Å². The Morgan fingerprint density at radius 1 is 1.24 bits per heavy atom. The highest BCUT2D eigenvalue weighted by molar-refractivity contribution is 5.75. The molecule has 0 radical (unpaired) electrons. The van der Waals surface area contributed by atoms with Crippen LogP contribution >= 0.6 is 0 Å². The van der Waals surface area contributed by atoms with Crippen molar-refractivity contribution in [1.29, 1.82) is 0 Å². The van der Waals surface area contributed by atoms with Crippen LogP contribution in [-0.2, 0) is 4.79 Å². The van der Waals surface area contributed by atoms with Crippen LogP contribution in [0, 0.1) is 5.92 Å². The van der Waals surface area contributed by atoms with Crippen molar-refractivity contribution in [1.82, 2.24) is 20.4 Å². The molecule has 3 unspecified atom stereocenters. The van der Waals surface area contributed by atoms with Crippen LogP contribution in [0.15, 0.2) is 0 Å². The topological polar surface area (TPSA) is 84.9 Å². The molecule has 7 nitrogen and oxygen atoms in total. The van der Waals surface area contributed by atoms with Crippen molar-refractivity contribution < 1.29 is 14.7 Å². The third-order valence-corrected chi connectivity index (χ3v) is 4.60. The Balaban J connectivity index is 1.69. The van der Waals surface area contributed by atoms with Gasteiger partial charge in [-0.15, -0.1) is 0 Å². The first-order chi connectivity index (χ1) is 9.95. The number of hydrogen-bond acceptors (Lipinski definition) is 4. The average Bonchev–Trinajstić information content (AvgIpc) is 2.88. The van der Waals surface area contributed by atoms with Gasteiger partial charge in [0.1, 0.15) is 0 Å². The van der Waals surface area contributed by atoms with Crippen LogP contribution in [0.1, 0.15) is 19.3 Å². The molecule has 1 saturated heterocycles. The number of likely N-dealkylation sites (N-methyl/N-ethyl adjacent to an activating group) is 2. The summed E-state index contributed by atoms with van der Waals surface area (Å²) >= 11 is 0. The molecule has 0 spiro atoms. The van der Waals surface area contributed by atoms with Gasteiger partial charge in [0.2, 0.25) is 0 Å². The van der Waals surface area contributed by atoms with Crippen LogP contribution in [-0.4, -0.2) is 79.3 Å². The number of nitrogens with one attached hydrogen (secondary N) is 2. The summed E-state index contributed by atoms with van der Waals surface area (Å²) in [6.45, 7) is 3.62. The smallest absolute Gasteiger partial charge is 0.315 e. The van der Waals surface area contributed by atoms with E-state index in [9.17, 15) is 9.59 Å².